The Hall–Kier alpha value is -3.02. The van der Waals surface area contributed by atoms with Gasteiger partial charge in [-0.25, -0.2) is 8.78 Å². The van der Waals surface area contributed by atoms with Crippen molar-refractivity contribution in [3.8, 4) is 11.1 Å². The van der Waals surface area contributed by atoms with Crippen molar-refractivity contribution in [3.05, 3.63) is 64.3 Å². The zero-order chi connectivity index (χ0) is 20.0. The van der Waals surface area contributed by atoms with Crippen molar-refractivity contribution >= 4 is 17.6 Å². The van der Waals surface area contributed by atoms with Crippen LogP contribution in [0.4, 0.5) is 8.78 Å². The summed E-state index contributed by atoms with van der Waals surface area (Å²) in [6.45, 7) is 0.222. The summed E-state index contributed by atoms with van der Waals surface area (Å²) < 4.78 is 26.9. The summed E-state index contributed by atoms with van der Waals surface area (Å²) in [7, 11) is 0. The lowest BCUT2D eigenvalue weighted by Gasteiger charge is -2.31. The first-order chi connectivity index (χ1) is 14.0. The van der Waals surface area contributed by atoms with Gasteiger partial charge < -0.3 is 4.90 Å². The number of nitrogens with one attached hydrogen (secondary N) is 1. The second-order valence-electron chi connectivity index (χ2n) is 7.86. The molecule has 29 heavy (non-hydrogen) atoms. The van der Waals surface area contributed by atoms with Gasteiger partial charge in [0, 0.05) is 43.3 Å². The predicted molar refractivity (Wildman–Crippen MR) is 107 cm³/mol. The Morgan fingerprint density at radius 1 is 1.14 bits per heavy atom. The van der Waals surface area contributed by atoms with Gasteiger partial charge in [-0.1, -0.05) is 18.2 Å². The summed E-state index contributed by atoms with van der Waals surface area (Å²) in [4.78, 5) is 14.5. The van der Waals surface area contributed by atoms with E-state index in [2.05, 4.69) is 34.5 Å². The van der Waals surface area contributed by atoms with Gasteiger partial charge in [0.25, 0.3) is 11.8 Å². The maximum atomic E-state index is 13.4. The number of piperidine rings is 1. The van der Waals surface area contributed by atoms with Gasteiger partial charge in [-0.05, 0) is 58.2 Å². The SMILES string of the molecule is O=C(C1=CC2=c3ccc(-c4cn[nH]c4)cc3=CCCC2=C1)N1CCC(F)(F)CC1. The summed E-state index contributed by atoms with van der Waals surface area (Å²) >= 11 is 0. The molecule has 1 fully saturated rings. The van der Waals surface area contributed by atoms with Gasteiger partial charge in [0.2, 0.25) is 0 Å². The van der Waals surface area contributed by atoms with E-state index in [0.717, 1.165) is 45.6 Å². The van der Waals surface area contributed by atoms with Crippen molar-refractivity contribution in [2.75, 3.05) is 13.1 Å². The van der Waals surface area contributed by atoms with E-state index in [1.165, 1.54) is 0 Å². The van der Waals surface area contributed by atoms with E-state index < -0.39 is 5.92 Å². The number of H-pyrrole nitrogens is 1. The second kappa shape index (κ2) is 6.79. The molecule has 3 aliphatic rings. The maximum absolute atomic E-state index is 13.4. The fraction of sp³-hybridized carbons (Fsp3) is 0.304. The number of allylic oxidation sites excluding steroid dienone is 2. The summed E-state index contributed by atoms with van der Waals surface area (Å²) in [5.74, 6) is -2.80. The van der Waals surface area contributed by atoms with Crippen LogP contribution in [0.25, 0.3) is 22.8 Å². The number of benzene rings is 1. The largest absolute Gasteiger partial charge is 0.338 e. The number of hydrogen-bond donors (Lipinski definition) is 1. The van der Waals surface area contributed by atoms with Gasteiger partial charge in [0.15, 0.2) is 0 Å². The summed E-state index contributed by atoms with van der Waals surface area (Å²) in [6.07, 6.45) is 11.0. The Morgan fingerprint density at radius 2 is 1.97 bits per heavy atom. The number of alkyl halides is 2. The Labute approximate surface area is 166 Å². The van der Waals surface area contributed by atoms with Crippen LogP contribution in [-0.4, -0.2) is 40.0 Å². The lowest BCUT2D eigenvalue weighted by Crippen LogP contribution is -2.43. The highest BCUT2D eigenvalue weighted by Gasteiger charge is 2.36. The van der Waals surface area contributed by atoms with Crippen LogP contribution < -0.4 is 10.4 Å². The number of likely N-dealkylation sites (tertiary alicyclic amines) is 1. The number of fused-ring (bicyclic) bond motifs is 2. The summed E-state index contributed by atoms with van der Waals surface area (Å²) in [5.41, 5.74) is 4.94. The van der Waals surface area contributed by atoms with Gasteiger partial charge in [-0.15, -0.1) is 0 Å². The first kappa shape index (κ1) is 18.0. The third-order valence-electron chi connectivity index (χ3n) is 5.96. The normalized spacial score (nSPS) is 20.2. The molecular formula is C23H21F2N3O. The van der Waals surface area contributed by atoms with E-state index in [1.54, 1.807) is 11.1 Å². The quantitative estimate of drug-likeness (QED) is 0.853. The van der Waals surface area contributed by atoms with Gasteiger partial charge in [-0.2, -0.15) is 5.10 Å². The molecule has 2 aliphatic carbocycles. The van der Waals surface area contributed by atoms with Gasteiger partial charge in [-0.3, -0.25) is 9.89 Å². The molecule has 0 unspecified atom stereocenters. The fourth-order valence-electron chi connectivity index (χ4n) is 4.30. The number of aromatic amines is 1. The number of aromatic nitrogens is 2. The van der Waals surface area contributed by atoms with Gasteiger partial charge in [0.1, 0.15) is 0 Å². The Kier molecular flexibility index (Phi) is 4.23. The average molecular weight is 393 g/mol. The average Bonchev–Trinajstić information content (AvgIpc) is 3.35. The predicted octanol–water partition coefficient (Wildman–Crippen LogP) is 2.93. The van der Waals surface area contributed by atoms with E-state index in [-0.39, 0.29) is 31.8 Å². The standard InChI is InChI=1S/C23H21F2N3O/c24-23(25)6-8-28(9-7-23)22(29)18-11-17-3-1-2-16-10-15(19-13-26-27-14-19)4-5-20(16)21(17)12-18/h2,4-5,10-14H,1,3,6-9H2,(H,26,27). The Morgan fingerprint density at radius 3 is 2.72 bits per heavy atom. The number of amides is 1. The van der Waals surface area contributed by atoms with E-state index in [0.29, 0.717) is 5.57 Å². The molecule has 5 rings (SSSR count). The van der Waals surface area contributed by atoms with Crippen LogP contribution in [0.5, 0.6) is 0 Å². The number of rotatable bonds is 2. The smallest absolute Gasteiger partial charge is 0.253 e. The van der Waals surface area contributed by atoms with Crippen LogP contribution in [0.15, 0.2) is 53.9 Å². The Balaban J connectivity index is 1.51. The number of carbonyl (C=O) groups excluding carboxylic acids is 1. The molecule has 0 radical (unpaired) electrons. The number of nitrogens with zero attached hydrogens (tertiary/aromatic N) is 2. The highest BCUT2D eigenvalue weighted by molar-refractivity contribution is 6.02. The molecule has 4 nitrogen and oxygen atoms in total. The molecule has 6 heteroatoms. The monoisotopic (exact) mass is 393 g/mol. The minimum atomic E-state index is -2.65. The zero-order valence-corrected chi connectivity index (χ0v) is 15.9. The van der Waals surface area contributed by atoms with Crippen molar-refractivity contribution in [1.82, 2.24) is 15.1 Å². The van der Waals surface area contributed by atoms with Crippen LogP contribution in [0.1, 0.15) is 25.7 Å². The third kappa shape index (κ3) is 3.33. The van der Waals surface area contributed by atoms with E-state index in [9.17, 15) is 13.6 Å². The molecule has 0 atom stereocenters. The second-order valence-corrected chi connectivity index (χ2v) is 7.86. The van der Waals surface area contributed by atoms with Crippen LogP contribution in [0, 0.1) is 0 Å². The highest BCUT2D eigenvalue weighted by atomic mass is 19.3. The van der Waals surface area contributed by atoms with Crippen molar-refractivity contribution in [3.63, 3.8) is 0 Å². The molecule has 0 spiro atoms. The molecular weight excluding hydrogens is 372 g/mol. The number of hydrogen-bond acceptors (Lipinski definition) is 2. The van der Waals surface area contributed by atoms with Gasteiger partial charge in [0.05, 0.1) is 6.20 Å². The summed E-state index contributed by atoms with van der Waals surface area (Å²) in [5, 5.41) is 9.10. The number of carbonyl (C=O) groups is 1. The van der Waals surface area contributed by atoms with Crippen LogP contribution >= 0.6 is 0 Å². The molecule has 1 aromatic heterocycles. The molecule has 1 aliphatic heterocycles. The first-order valence-electron chi connectivity index (χ1n) is 9.94. The number of halogens is 2. The minimum absolute atomic E-state index is 0.111. The molecule has 1 amide bonds. The van der Waals surface area contributed by atoms with Crippen LogP contribution in [0.3, 0.4) is 0 Å². The molecule has 1 aromatic carbocycles. The van der Waals surface area contributed by atoms with Crippen molar-refractivity contribution in [2.24, 2.45) is 0 Å². The maximum Gasteiger partial charge on any atom is 0.253 e. The molecule has 148 valence electrons. The molecule has 0 bridgehead atoms. The van der Waals surface area contributed by atoms with Gasteiger partial charge >= 0.3 is 0 Å². The van der Waals surface area contributed by atoms with Crippen LogP contribution in [-0.2, 0) is 4.79 Å². The van der Waals surface area contributed by atoms with Crippen molar-refractivity contribution in [2.45, 2.75) is 31.6 Å². The van der Waals surface area contributed by atoms with E-state index >= 15 is 0 Å². The molecule has 1 saturated heterocycles. The molecule has 2 heterocycles. The minimum Gasteiger partial charge on any atom is -0.338 e. The lowest BCUT2D eigenvalue weighted by molar-refractivity contribution is -0.132. The highest BCUT2D eigenvalue weighted by Crippen LogP contribution is 2.32. The zero-order valence-electron chi connectivity index (χ0n) is 15.9. The Bertz CT molecular complexity index is 1150. The summed E-state index contributed by atoms with van der Waals surface area (Å²) in [6, 6.07) is 6.30. The van der Waals surface area contributed by atoms with Crippen molar-refractivity contribution in [1.29, 1.82) is 0 Å². The van der Waals surface area contributed by atoms with Crippen molar-refractivity contribution < 1.29 is 13.6 Å². The molecule has 2 aromatic rings. The third-order valence-corrected chi connectivity index (χ3v) is 5.96. The van der Waals surface area contributed by atoms with E-state index in [1.807, 2.05) is 18.3 Å². The molecule has 1 N–H and O–H groups in total. The van der Waals surface area contributed by atoms with Crippen LogP contribution in [0.2, 0.25) is 0 Å². The molecule has 0 saturated carbocycles. The first-order valence-corrected chi connectivity index (χ1v) is 9.94. The fourth-order valence-corrected chi connectivity index (χ4v) is 4.30. The van der Waals surface area contributed by atoms with E-state index in [4.69, 9.17) is 0 Å². The topological polar surface area (TPSA) is 49.0 Å². The lowest BCUT2D eigenvalue weighted by atomic mass is 10.0.